The fraction of sp³-hybridized carbons (Fsp3) is 0.909. The average Bonchev–Trinajstić information content (AvgIpc) is 2.15. The van der Waals surface area contributed by atoms with E-state index in [1.165, 1.54) is 0 Å². The van der Waals surface area contributed by atoms with Gasteiger partial charge >= 0.3 is 6.18 Å². The van der Waals surface area contributed by atoms with Crippen LogP contribution in [0.25, 0.3) is 0 Å². The first-order valence-corrected chi connectivity index (χ1v) is 5.75. The van der Waals surface area contributed by atoms with Gasteiger partial charge in [0, 0.05) is 7.05 Å². The lowest BCUT2D eigenvalue weighted by atomic mass is 9.82. The molecule has 1 saturated carbocycles. The van der Waals surface area contributed by atoms with E-state index in [9.17, 15) is 23.1 Å². The quantitative estimate of drug-likeness (QED) is 0.836. The molecule has 0 aliphatic heterocycles. The first-order chi connectivity index (χ1) is 7.72. The minimum atomic E-state index is -4.39. The predicted molar refractivity (Wildman–Crippen MR) is 56.3 cm³/mol. The number of alkyl halides is 3. The Morgan fingerprint density at radius 3 is 2.29 bits per heavy atom. The van der Waals surface area contributed by atoms with Gasteiger partial charge in [-0.3, -0.25) is 4.79 Å². The summed E-state index contributed by atoms with van der Waals surface area (Å²) >= 11 is 0. The molecule has 0 aromatic carbocycles. The number of nitrogens with zero attached hydrogens (tertiary/aromatic N) is 1. The molecule has 0 unspecified atom stereocenters. The molecule has 1 rings (SSSR count). The molecule has 0 heterocycles. The summed E-state index contributed by atoms with van der Waals surface area (Å²) < 4.78 is 36.3. The van der Waals surface area contributed by atoms with E-state index in [-0.39, 0.29) is 6.42 Å². The van der Waals surface area contributed by atoms with E-state index in [4.69, 9.17) is 0 Å². The Hall–Kier alpha value is -0.780. The molecular formula is C11H18F3NO2. The van der Waals surface area contributed by atoms with Crippen molar-refractivity contribution in [2.24, 2.45) is 0 Å². The van der Waals surface area contributed by atoms with Gasteiger partial charge < -0.3 is 10.0 Å². The summed E-state index contributed by atoms with van der Waals surface area (Å²) in [5.74, 6) is -0.647. The normalized spacial score (nSPS) is 20.1. The van der Waals surface area contributed by atoms with E-state index in [2.05, 4.69) is 0 Å². The zero-order valence-electron chi connectivity index (χ0n) is 9.89. The maximum Gasteiger partial charge on any atom is 0.406 e. The van der Waals surface area contributed by atoms with Gasteiger partial charge in [0.2, 0.25) is 5.91 Å². The van der Waals surface area contributed by atoms with Crippen molar-refractivity contribution in [2.75, 3.05) is 13.6 Å². The number of hydrogen-bond donors (Lipinski definition) is 1. The molecule has 1 aliphatic rings. The van der Waals surface area contributed by atoms with Crippen LogP contribution in [0.5, 0.6) is 0 Å². The van der Waals surface area contributed by atoms with Gasteiger partial charge in [-0.05, 0) is 12.8 Å². The number of carbonyl (C=O) groups is 1. The lowest BCUT2D eigenvalue weighted by Crippen LogP contribution is -2.42. The standard InChI is InChI=1S/C11H18F3NO2/c1-15(8-11(12,13)14)9(16)7-10(17)5-3-2-4-6-10/h17H,2-8H2,1H3. The first kappa shape index (κ1) is 14.3. The third kappa shape index (κ3) is 4.93. The SMILES string of the molecule is CN(CC(F)(F)F)C(=O)CC1(O)CCCCC1. The van der Waals surface area contributed by atoms with Crippen LogP contribution in [-0.4, -0.2) is 41.3 Å². The number of hydrogen-bond acceptors (Lipinski definition) is 2. The van der Waals surface area contributed by atoms with Crippen molar-refractivity contribution in [3.05, 3.63) is 0 Å². The van der Waals surface area contributed by atoms with Gasteiger partial charge in [0.25, 0.3) is 0 Å². The molecule has 0 aromatic rings. The van der Waals surface area contributed by atoms with E-state index < -0.39 is 24.2 Å². The summed E-state index contributed by atoms with van der Waals surface area (Å²) in [5, 5.41) is 10.1. The molecule has 0 bridgehead atoms. The van der Waals surface area contributed by atoms with Crippen molar-refractivity contribution in [1.82, 2.24) is 4.90 Å². The third-order valence-corrected chi connectivity index (χ3v) is 3.11. The van der Waals surface area contributed by atoms with Crippen molar-refractivity contribution in [3.63, 3.8) is 0 Å². The Kier molecular flexibility index (Phi) is 4.41. The van der Waals surface area contributed by atoms with Crippen LogP contribution in [0.2, 0.25) is 0 Å². The summed E-state index contributed by atoms with van der Waals surface area (Å²) in [6.07, 6.45) is -0.940. The second-order valence-corrected chi connectivity index (χ2v) is 4.83. The van der Waals surface area contributed by atoms with Gasteiger partial charge in [0.1, 0.15) is 6.54 Å². The van der Waals surface area contributed by atoms with Crippen molar-refractivity contribution < 1.29 is 23.1 Å². The second-order valence-electron chi connectivity index (χ2n) is 4.83. The van der Waals surface area contributed by atoms with E-state index in [1.54, 1.807) is 0 Å². The Labute approximate surface area is 98.6 Å². The highest BCUT2D eigenvalue weighted by atomic mass is 19.4. The number of amides is 1. The van der Waals surface area contributed by atoms with Crippen LogP contribution in [0.15, 0.2) is 0 Å². The molecule has 0 aromatic heterocycles. The molecule has 1 fully saturated rings. The Morgan fingerprint density at radius 1 is 1.29 bits per heavy atom. The first-order valence-electron chi connectivity index (χ1n) is 5.75. The Balaban J connectivity index is 2.47. The predicted octanol–water partition coefficient (Wildman–Crippen LogP) is 2.09. The molecule has 1 amide bonds. The molecule has 6 heteroatoms. The fourth-order valence-electron chi connectivity index (χ4n) is 2.16. The lowest BCUT2D eigenvalue weighted by Gasteiger charge is -2.33. The minimum absolute atomic E-state index is 0.209. The van der Waals surface area contributed by atoms with Crippen molar-refractivity contribution in [2.45, 2.75) is 50.3 Å². The monoisotopic (exact) mass is 253 g/mol. The van der Waals surface area contributed by atoms with Crippen LogP contribution in [0, 0.1) is 0 Å². The maximum absolute atomic E-state index is 12.1. The van der Waals surface area contributed by atoms with E-state index in [0.29, 0.717) is 17.7 Å². The molecule has 1 aliphatic carbocycles. The fourth-order valence-corrected chi connectivity index (χ4v) is 2.16. The zero-order chi connectivity index (χ0) is 13.1. The van der Waals surface area contributed by atoms with E-state index in [0.717, 1.165) is 26.3 Å². The largest absolute Gasteiger partial charge is 0.406 e. The van der Waals surface area contributed by atoms with E-state index >= 15 is 0 Å². The molecule has 0 radical (unpaired) electrons. The second kappa shape index (κ2) is 5.25. The summed E-state index contributed by atoms with van der Waals surface area (Å²) in [7, 11) is 1.11. The number of aliphatic hydroxyl groups is 1. The van der Waals surface area contributed by atoms with Crippen LogP contribution in [0.4, 0.5) is 13.2 Å². The van der Waals surface area contributed by atoms with Crippen LogP contribution in [0.3, 0.4) is 0 Å². The smallest absolute Gasteiger partial charge is 0.389 e. The molecule has 0 spiro atoms. The molecule has 3 nitrogen and oxygen atoms in total. The van der Waals surface area contributed by atoms with Gasteiger partial charge in [0.05, 0.1) is 12.0 Å². The molecule has 0 saturated heterocycles. The van der Waals surface area contributed by atoms with Crippen molar-refractivity contribution >= 4 is 5.91 Å². The molecule has 100 valence electrons. The number of halogens is 3. The highest BCUT2D eigenvalue weighted by Crippen LogP contribution is 2.31. The Morgan fingerprint density at radius 2 is 1.82 bits per heavy atom. The van der Waals surface area contributed by atoms with Crippen LogP contribution in [-0.2, 0) is 4.79 Å². The molecule has 17 heavy (non-hydrogen) atoms. The van der Waals surface area contributed by atoms with Crippen molar-refractivity contribution in [3.8, 4) is 0 Å². The number of carbonyl (C=O) groups excluding carboxylic acids is 1. The number of rotatable bonds is 3. The average molecular weight is 253 g/mol. The zero-order valence-corrected chi connectivity index (χ0v) is 9.89. The van der Waals surface area contributed by atoms with Crippen LogP contribution in [0.1, 0.15) is 38.5 Å². The summed E-state index contributed by atoms with van der Waals surface area (Å²) in [6.45, 7) is -1.26. The molecule has 1 N–H and O–H groups in total. The Bertz CT molecular complexity index is 272. The van der Waals surface area contributed by atoms with Gasteiger partial charge in [-0.15, -0.1) is 0 Å². The van der Waals surface area contributed by atoms with Gasteiger partial charge in [-0.2, -0.15) is 13.2 Å². The molecule has 0 atom stereocenters. The third-order valence-electron chi connectivity index (χ3n) is 3.11. The van der Waals surface area contributed by atoms with Crippen LogP contribution >= 0.6 is 0 Å². The molecular weight excluding hydrogens is 235 g/mol. The topological polar surface area (TPSA) is 40.5 Å². The summed E-state index contributed by atoms with van der Waals surface area (Å²) in [6, 6.07) is 0. The van der Waals surface area contributed by atoms with Crippen LogP contribution < -0.4 is 0 Å². The van der Waals surface area contributed by atoms with E-state index in [1.807, 2.05) is 0 Å². The van der Waals surface area contributed by atoms with Crippen molar-refractivity contribution in [1.29, 1.82) is 0 Å². The summed E-state index contributed by atoms with van der Waals surface area (Å²) in [5.41, 5.74) is -1.10. The highest BCUT2D eigenvalue weighted by Gasteiger charge is 2.36. The summed E-state index contributed by atoms with van der Waals surface area (Å²) in [4.78, 5) is 12.2. The lowest BCUT2D eigenvalue weighted by molar-refractivity contribution is -0.162. The minimum Gasteiger partial charge on any atom is -0.389 e. The van der Waals surface area contributed by atoms with Gasteiger partial charge in [-0.25, -0.2) is 0 Å². The highest BCUT2D eigenvalue weighted by molar-refractivity contribution is 5.77. The van der Waals surface area contributed by atoms with Gasteiger partial charge in [0.15, 0.2) is 0 Å². The maximum atomic E-state index is 12.1. The van der Waals surface area contributed by atoms with Gasteiger partial charge in [-0.1, -0.05) is 19.3 Å².